The number of rotatable bonds is 8. The van der Waals surface area contributed by atoms with Crippen molar-refractivity contribution in [3.05, 3.63) is 42.2 Å². The average molecular weight is 508 g/mol. The number of benzene rings is 1. The Balaban J connectivity index is 1.58. The van der Waals surface area contributed by atoms with Gasteiger partial charge in [0.1, 0.15) is 17.7 Å². The van der Waals surface area contributed by atoms with Crippen molar-refractivity contribution in [2.75, 3.05) is 24.1 Å². The van der Waals surface area contributed by atoms with Gasteiger partial charge in [0, 0.05) is 13.1 Å². The minimum absolute atomic E-state index is 0.0883. The number of nitrogen functional groups attached to an aromatic ring is 1. The second-order valence-corrected chi connectivity index (χ2v) is 8.77. The van der Waals surface area contributed by atoms with Crippen LogP contribution in [0, 0.1) is 0 Å². The van der Waals surface area contributed by atoms with Crippen molar-refractivity contribution >= 4 is 28.8 Å². The minimum Gasteiger partial charge on any atom is -0.388 e. The van der Waals surface area contributed by atoms with Gasteiger partial charge in [-0.25, -0.2) is 4.98 Å². The van der Waals surface area contributed by atoms with E-state index in [1.165, 1.54) is 10.9 Å². The summed E-state index contributed by atoms with van der Waals surface area (Å²) in [5.41, 5.74) is 7.68. The van der Waals surface area contributed by atoms with Crippen LogP contribution in [0.5, 0.6) is 0 Å². The first kappa shape index (κ1) is 25.6. The van der Waals surface area contributed by atoms with Crippen LogP contribution in [0.15, 0.2) is 36.7 Å². The first-order chi connectivity index (χ1) is 17.1. The SMILES string of the molecule is CCCN(C(=O)C(F)(F)F)[C@H]1C[C@@H](n2cnc3c(N)nc(NCCc4ccccc4)nc32)[C@H](O)[C@@H]1O. The molecular weight excluding hydrogens is 479 g/mol. The molecular formula is C23H28F3N7O3. The monoisotopic (exact) mass is 507 g/mol. The fourth-order valence-electron chi connectivity index (χ4n) is 4.62. The largest absolute Gasteiger partial charge is 0.471 e. The van der Waals surface area contributed by atoms with Gasteiger partial charge in [0.2, 0.25) is 5.95 Å². The average Bonchev–Trinajstić information content (AvgIpc) is 3.38. The fraction of sp³-hybridized carbons (Fsp3) is 0.478. The third-order valence-corrected chi connectivity index (χ3v) is 6.33. The first-order valence-corrected chi connectivity index (χ1v) is 11.6. The number of anilines is 2. The van der Waals surface area contributed by atoms with E-state index in [0.29, 0.717) is 17.9 Å². The minimum atomic E-state index is -5.10. The number of hydrogen-bond acceptors (Lipinski definition) is 8. The Hall–Kier alpha value is -3.45. The second-order valence-electron chi connectivity index (χ2n) is 8.77. The van der Waals surface area contributed by atoms with Crippen LogP contribution in [0.1, 0.15) is 31.4 Å². The molecule has 0 bridgehead atoms. The number of aromatic nitrogens is 4. The molecule has 4 atom stereocenters. The van der Waals surface area contributed by atoms with Gasteiger partial charge in [-0.05, 0) is 24.8 Å². The number of hydrogen-bond donors (Lipinski definition) is 4. The highest BCUT2D eigenvalue weighted by Gasteiger charge is 2.51. The van der Waals surface area contributed by atoms with E-state index in [0.717, 1.165) is 5.56 Å². The molecule has 3 aromatic rings. The number of nitrogens with two attached hydrogens (primary N) is 1. The van der Waals surface area contributed by atoms with E-state index >= 15 is 0 Å². The highest BCUT2D eigenvalue weighted by Crippen LogP contribution is 2.37. The lowest BCUT2D eigenvalue weighted by Crippen LogP contribution is -2.51. The lowest BCUT2D eigenvalue weighted by Gasteiger charge is -2.31. The number of carbonyl (C=O) groups is 1. The molecule has 0 radical (unpaired) electrons. The van der Waals surface area contributed by atoms with Gasteiger partial charge in [0.25, 0.3) is 0 Å². The zero-order valence-corrected chi connectivity index (χ0v) is 19.6. The Morgan fingerprint density at radius 3 is 2.61 bits per heavy atom. The van der Waals surface area contributed by atoms with Crippen molar-refractivity contribution in [3.8, 4) is 0 Å². The summed E-state index contributed by atoms with van der Waals surface area (Å²) in [4.78, 5) is 25.5. The van der Waals surface area contributed by atoms with Crippen LogP contribution in [0.25, 0.3) is 11.2 Å². The van der Waals surface area contributed by atoms with E-state index in [2.05, 4.69) is 20.3 Å². The van der Waals surface area contributed by atoms with Crippen molar-refractivity contribution in [1.82, 2.24) is 24.4 Å². The normalized spacial score (nSPS) is 22.2. The summed E-state index contributed by atoms with van der Waals surface area (Å²) in [7, 11) is 0. The Labute approximate surface area is 205 Å². The van der Waals surface area contributed by atoms with Gasteiger partial charge in [-0.2, -0.15) is 23.1 Å². The molecule has 0 unspecified atom stereocenters. The molecule has 2 heterocycles. The number of halogens is 3. The van der Waals surface area contributed by atoms with Crippen LogP contribution >= 0.6 is 0 Å². The predicted octanol–water partition coefficient (Wildman–Crippen LogP) is 1.90. The molecule has 194 valence electrons. The molecule has 1 aliphatic carbocycles. The number of fused-ring (bicyclic) bond motifs is 1. The van der Waals surface area contributed by atoms with E-state index < -0.39 is 36.4 Å². The van der Waals surface area contributed by atoms with Gasteiger partial charge >= 0.3 is 12.1 Å². The Kier molecular flexibility index (Phi) is 7.31. The van der Waals surface area contributed by atoms with Crippen LogP contribution in [0.4, 0.5) is 24.9 Å². The molecule has 2 aromatic heterocycles. The van der Waals surface area contributed by atoms with Crippen LogP contribution in [0.3, 0.4) is 0 Å². The van der Waals surface area contributed by atoms with E-state index in [-0.39, 0.29) is 42.3 Å². The quantitative estimate of drug-likeness (QED) is 0.362. The third-order valence-electron chi connectivity index (χ3n) is 6.33. The zero-order valence-electron chi connectivity index (χ0n) is 19.6. The summed E-state index contributed by atoms with van der Waals surface area (Å²) >= 11 is 0. The highest BCUT2D eigenvalue weighted by molar-refractivity contribution is 5.83. The van der Waals surface area contributed by atoms with Crippen molar-refractivity contribution < 1.29 is 28.2 Å². The van der Waals surface area contributed by atoms with Crippen LogP contribution < -0.4 is 11.1 Å². The molecule has 1 amide bonds. The molecule has 0 spiro atoms. The summed E-state index contributed by atoms with van der Waals surface area (Å²) in [6.45, 7) is 1.93. The molecule has 0 saturated heterocycles. The van der Waals surface area contributed by atoms with Gasteiger partial charge in [-0.1, -0.05) is 37.3 Å². The van der Waals surface area contributed by atoms with Gasteiger partial charge < -0.3 is 30.7 Å². The third kappa shape index (κ3) is 5.07. The van der Waals surface area contributed by atoms with Gasteiger partial charge in [0.05, 0.1) is 18.4 Å². The number of imidazole rings is 1. The summed E-state index contributed by atoms with van der Waals surface area (Å²) in [6.07, 6.45) is -5.97. The van der Waals surface area contributed by atoms with E-state index in [1.54, 1.807) is 6.92 Å². The molecule has 0 aliphatic heterocycles. The maximum atomic E-state index is 13.2. The molecule has 10 nitrogen and oxygen atoms in total. The smallest absolute Gasteiger partial charge is 0.388 e. The van der Waals surface area contributed by atoms with E-state index in [9.17, 15) is 28.2 Å². The predicted molar refractivity (Wildman–Crippen MR) is 126 cm³/mol. The maximum absolute atomic E-state index is 13.2. The maximum Gasteiger partial charge on any atom is 0.471 e. The highest BCUT2D eigenvalue weighted by atomic mass is 19.4. The number of aliphatic hydroxyl groups excluding tert-OH is 2. The summed E-state index contributed by atoms with van der Waals surface area (Å²) < 4.78 is 41.0. The number of aliphatic hydroxyl groups is 2. The number of nitrogens with one attached hydrogen (secondary N) is 1. The summed E-state index contributed by atoms with van der Waals surface area (Å²) in [5.74, 6) is -1.74. The number of nitrogens with zero attached hydrogens (tertiary/aromatic N) is 5. The molecule has 4 rings (SSSR count). The zero-order chi connectivity index (χ0) is 26.0. The molecule has 1 aliphatic rings. The Bertz CT molecular complexity index is 1200. The summed E-state index contributed by atoms with van der Waals surface area (Å²) in [6, 6.07) is 7.66. The van der Waals surface area contributed by atoms with Crippen LogP contribution in [0.2, 0.25) is 0 Å². The van der Waals surface area contributed by atoms with Crippen molar-refractivity contribution in [1.29, 1.82) is 0 Å². The fourth-order valence-corrected chi connectivity index (χ4v) is 4.62. The van der Waals surface area contributed by atoms with E-state index in [4.69, 9.17) is 5.73 Å². The van der Waals surface area contributed by atoms with Crippen molar-refractivity contribution in [2.24, 2.45) is 0 Å². The topological polar surface area (TPSA) is 142 Å². The van der Waals surface area contributed by atoms with Crippen molar-refractivity contribution in [2.45, 2.75) is 56.7 Å². The lowest BCUT2D eigenvalue weighted by atomic mass is 10.1. The van der Waals surface area contributed by atoms with Crippen molar-refractivity contribution in [3.63, 3.8) is 0 Å². The van der Waals surface area contributed by atoms with Gasteiger partial charge in [0.15, 0.2) is 11.5 Å². The molecule has 1 aromatic carbocycles. The summed E-state index contributed by atoms with van der Waals surface area (Å²) in [5, 5.41) is 24.5. The van der Waals surface area contributed by atoms with Gasteiger partial charge in [-0.15, -0.1) is 0 Å². The van der Waals surface area contributed by atoms with Crippen LogP contribution in [-0.4, -0.2) is 78.1 Å². The van der Waals surface area contributed by atoms with E-state index in [1.807, 2.05) is 30.3 Å². The lowest BCUT2D eigenvalue weighted by molar-refractivity contribution is -0.190. The number of alkyl halides is 3. The second kappa shape index (κ2) is 10.3. The molecule has 1 saturated carbocycles. The Morgan fingerprint density at radius 2 is 1.94 bits per heavy atom. The number of carbonyl (C=O) groups excluding carboxylic acids is 1. The first-order valence-electron chi connectivity index (χ1n) is 11.6. The molecule has 36 heavy (non-hydrogen) atoms. The number of amides is 1. The Morgan fingerprint density at radius 1 is 1.22 bits per heavy atom. The molecule has 5 N–H and O–H groups in total. The standard InChI is InChI=1S/C23H28F3N7O3/c1-2-10-32(21(36)23(24,25)26)14-11-15(18(35)17(14)34)33-12-29-16-19(27)30-22(31-20(16)33)28-9-8-13-6-4-3-5-7-13/h3-7,12,14-15,17-18,34-35H,2,8-11H2,1H3,(H3,27,28,30,31)/t14-,15+,17+,18-/m0/s1. The molecule has 1 fully saturated rings. The van der Waals surface area contributed by atoms with Crippen LogP contribution in [-0.2, 0) is 11.2 Å². The molecule has 13 heteroatoms. The van der Waals surface area contributed by atoms with Gasteiger partial charge in [-0.3, -0.25) is 4.79 Å².